The van der Waals surface area contributed by atoms with Crippen molar-refractivity contribution < 1.29 is 6.17 Å². The largest absolute Gasteiger partial charge is 0.342 e. The summed E-state index contributed by atoms with van der Waals surface area (Å²) in [6.07, 6.45) is 6.50. The number of rotatable bonds is 12. The fourth-order valence-corrected chi connectivity index (χ4v) is 1.39. The minimum Gasteiger partial charge on any atom is -0.342 e. The molecule has 0 bridgehead atoms. The molecule has 0 aliphatic rings. The fraction of sp³-hybridized carbons (Fsp3) is 0.923. The molecule has 0 radical (unpaired) electrons. The molecule has 1 amide bonds. The van der Waals surface area contributed by atoms with Crippen LogP contribution in [0.25, 0.3) is 0 Å². The van der Waals surface area contributed by atoms with Crippen LogP contribution in [0.4, 0.5) is 0 Å². The zero-order chi connectivity index (χ0) is 13.6. The predicted octanol–water partition coefficient (Wildman–Crippen LogP) is 1.62. The van der Waals surface area contributed by atoms with Gasteiger partial charge in [-0.05, 0) is 25.9 Å². The quantitative estimate of drug-likeness (QED) is 0.361. The van der Waals surface area contributed by atoms with Gasteiger partial charge in [0.2, 0.25) is 5.91 Å². The molecule has 0 fully saturated rings. The molecule has 0 aromatic carbocycles. The highest BCUT2D eigenvalue weighted by Crippen LogP contribution is 1.91. The summed E-state index contributed by atoms with van der Waals surface area (Å²) < 4.78 is 7.65. The van der Waals surface area contributed by atoms with Crippen LogP contribution < -0.4 is 16.0 Å². The molecule has 0 spiro atoms. The van der Waals surface area contributed by atoms with E-state index in [4.69, 9.17) is 1.37 Å². The lowest BCUT2D eigenvalue weighted by Gasteiger charge is -2.07. The van der Waals surface area contributed by atoms with Crippen molar-refractivity contribution in [3.63, 3.8) is 0 Å². The van der Waals surface area contributed by atoms with Gasteiger partial charge in [0, 0.05) is 1.37 Å². The van der Waals surface area contributed by atoms with Gasteiger partial charge in [-0.15, -0.1) is 0 Å². The van der Waals surface area contributed by atoms with Crippen LogP contribution in [0, 0.1) is 0 Å². The van der Waals surface area contributed by atoms with Crippen molar-refractivity contribution >= 4 is 5.91 Å². The molecule has 0 unspecified atom stereocenters. The van der Waals surface area contributed by atoms with Crippen LogP contribution >= 0.6 is 0 Å². The van der Waals surface area contributed by atoms with E-state index in [1.165, 1.54) is 12.8 Å². The Balaban J connectivity index is 3.31. The topological polar surface area (TPSA) is 53.2 Å². The van der Waals surface area contributed by atoms with Gasteiger partial charge in [-0.3, -0.25) is 10.1 Å². The fourth-order valence-electron chi connectivity index (χ4n) is 1.39. The van der Waals surface area contributed by atoms with Crippen molar-refractivity contribution in [2.45, 2.75) is 52.4 Å². The van der Waals surface area contributed by atoms with Crippen LogP contribution in [-0.4, -0.2) is 32.2 Å². The minimum absolute atomic E-state index is 0.0493. The van der Waals surface area contributed by atoms with Crippen LogP contribution in [0.15, 0.2) is 0 Å². The van der Waals surface area contributed by atoms with E-state index in [1.54, 1.807) is 0 Å². The Bertz CT molecular complexity index is 203. The predicted molar refractivity (Wildman–Crippen MR) is 72.9 cm³/mol. The third-order valence-corrected chi connectivity index (χ3v) is 2.48. The highest BCUT2D eigenvalue weighted by molar-refractivity contribution is 5.77. The Hall–Kier alpha value is -0.610. The Morgan fingerprint density at radius 2 is 1.76 bits per heavy atom. The first kappa shape index (κ1) is 14.5. The lowest BCUT2D eigenvalue weighted by Crippen LogP contribution is -2.39. The molecule has 0 aliphatic heterocycles. The SMILES string of the molecule is [2H][C@H](CCCC)NCC(=O)NCNCCCCC. The molecule has 0 aromatic rings. The van der Waals surface area contributed by atoms with Gasteiger partial charge >= 0.3 is 0 Å². The third-order valence-electron chi connectivity index (χ3n) is 2.48. The maximum absolute atomic E-state index is 11.4. The lowest BCUT2D eigenvalue weighted by atomic mass is 10.2. The maximum Gasteiger partial charge on any atom is 0.234 e. The first-order chi connectivity index (χ1) is 8.70. The van der Waals surface area contributed by atoms with E-state index in [0.717, 1.165) is 32.2 Å². The lowest BCUT2D eigenvalue weighted by molar-refractivity contribution is -0.120. The van der Waals surface area contributed by atoms with E-state index in [9.17, 15) is 4.79 Å². The van der Waals surface area contributed by atoms with Gasteiger partial charge in [0.05, 0.1) is 13.2 Å². The summed E-state index contributed by atoms with van der Waals surface area (Å²) in [6.45, 7) is 5.63. The zero-order valence-electron chi connectivity index (χ0n) is 12.3. The van der Waals surface area contributed by atoms with E-state index in [2.05, 4.69) is 29.8 Å². The van der Waals surface area contributed by atoms with Crippen molar-refractivity contribution in [2.24, 2.45) is 0 Å². The number of unbranched alkanes of at least 4 members (excludes halogenated alkanes) is 3. The Morgan fingerprint density at radius 3 is 2.47 bits per heavy atom. The van der Waals surface area contributed by atoms with Gasteiger partial charge in [-0.2, -0.15) is 0 Å². The summed E-state index contributed by atoms with van der Waals surface area (Å²) >= 11 is 0. The first-order valence-corrected chi connectivity index (χ1v) is 6.83. The maximum atomic E-state index is 11.4. The van der Waals surface area contributed by atoms with Crippen LogP contribution in [0.2, 0.25) is 0 Å². The second kappa shape index (κ2) is 13.5. The molecule has 4 nitrogen and oxygen atoms in total. The standard InChI is InChI=1S/C13H29N3O/c1-3-5-7-9-14-11-13(17)16-12-15-10-8-6-4-2/h14-15H,3-12H2,1-2H3,(H,16,17)/i9D/t9-/m1/s1. The van der Waals surface area contributed by atoms with Crippen LogP contribution in [-0.2, 0) is 4.79 Å². The summed E-state index contributed by atoms with van der Waals surface area (Å²) in [6, 6.07) is 0. The van der Waals surface area contributed by atoms with Gasteiger partial charge in [0.1, 0.15) is 0 Å². The Morgan fingerprint density at radius 1 is 1.06 bits per heavy atom. The average molecular weight is 244 g/mol. The van der Waals surface area contributed by atoms with Crippen molar-refractivity contribution in [3.05, 3.63) is 0 Å². The minimum atomic E-state index is -0.326. The molecule has 17 heavy (non-hydrogen) atoms. The Labute approximate surface area is 107 Å². The first-order valence-electron chi connectivity index (χ1n) is 7.41. The summed E-state index contributed by atoms with van der Waals surface area (Å²) in [5, 5.41) is 8.85. The highest BCUT2D eigenvalue weighted by atomic mass is 16.1. The van der Waals surface area contributed by atoms with E-state index < -0.39 is 0 Å². The molecule has 1 atom stereocenters. The van der Waals surface area contributed by atoms with Gasteiger partial charge in [-0.1, -0.05) is 39.5 Å². The summed E-state index contributed by atoms with van der Waals surface area (Å²) in [5.74, 6) is -0.0493. The van der Waals surface area contributed by atoms with E-state index in [1.807, 2.05) is 0 Å². The van der Waals surface area contributed by atoms with Crippen molar-refractivity contribution in [2.75, 3.05) is 26.3 Å². The van der Waals surface area contributed by atoms with Crippen molar-refractivity contribution in [1.82, 2.24) is 16.0 Å². The molecular formula is C13H29N3O. The second-order valence-corrected chi connectivity index (χ2v) is 4.21. The van der Waals surface area contributed by atoms with Crippen LogP contribution in [0.1, 0.15) is 53.7 Å². The Kier molecular flexibility index (Phi) is 11.4. The van der Waals surface area contributed by atoms with Gasteiger partial charge in [0.25, 0.3) is 0 Å². The molecular weight excluding hydrogens is 214 g/mol. The third kappa shape index (κ3) is 13.3. The molecule has 0 saturated heterocycles. The molecule has 0 heterocycles. The van der Waals surface area contributed by atoms with Gasteiger partial charge < -0.3 is 10.6 Å². The van der Waals surface area contributed by atoms with E-state index >= 15 is 0 Å². The number of carbonyl (C=O) groups excluding carboxylic acids is 1. The summed E-state index contributed by atoms with van der Waals surface area (Å²) in [7, 11) is 0. The van der Waals surface area contributed by atoms with Crippen LogP contribution in [0.3, 0.4) is 0 Å². The van der Waals surface area contributed by atoms with E-state index in [-0.39, 0.29) is 19.0 Å². The van der Waals surface area contributed by atoms with Gasteiger partial charge in [0.15, 0.2) is 0 Å². The van der Waals surface area contributed by atoms with E-state index in [0.29, 0.717) is 6.67 Å². The number of amides is 1. The summed E-state index contributed by atoms with van der Waals surface area (Å²) in [5.41, 5.74) is 0. The molecule has 0 saturated carbocycles. The monoisotopic (exact) mass is 244 g/mol. The molecule has 102 valence electrons. The van der Waals surface area contributed by atoms with Crippen LogP contribution in [0.5, 0.6) is 0 Å². The highest BCUT2D eigenvalue weighted by Gasteiger charge is 1.98. The molecule has 0 rings (SSSR count). The average Bonchev–Trinajstić information content (AvgIpc) is 2.38. The van der Waals surface area contributed by atoms with Crippen molar-refractivity contribution in [1.29, 1.82) is 0 Å². The zero-order valence-corrected chi connectivity index (χ0v) is 11.3. The molecule has 0 aromatic heterocycles. The second-order valence-electron chi connectivity index (χ2n) is 4.21. The number of hydrogen-bond donors (Lipinski definition) is 3. The number of carbonyl (C=O) groups is 1. The normalized spacial score (nSPS) is 13.2. The number of hydrogen-bond acceptors (Lipinski definition) is 3. The van der Waals surface area contributed by atoms with Gasteiger partial charge in [-0.25, -0.2) is 0 Å². The number of nitrogens with one attached hydrogen (secondary N) is 3. The molecule has 4 heteroatoms. The smallest absolute Gasteiger partial charge is 0.234 e. The molecule has 0 aliphatic carbocycles. The summed E-state index contributed by atoms with van der Waals surface area (Å²) in [4.78, 5) is 11.4. The molecule has 3 N–H and O–H groups in total. The van der Waals surface area contributed by atoms with Crippen molar-refractivity contribution in [3.8, 4) is 0 Å².